The molecule has 3 unspecified atom stereocenters. The molecule has 0 aromatic heterocycles. The number of hydrogen-bond donors (Lipinski definition) is 1. The Morgan fingerprint density at radius 3 is 2.67 bits per heavy atom. The van der Waals surface area contributed by atoms with Crippen molar-refractivity contribution in [3.63, 3.8) is 0 Å². The van der Waals surface area contributed by atoms with E-state index in [4.69, 9.17) is 0 Å². The maximum atomic E-state index is 3.60. The third-order valence-electron chi connectivity index (χ3n) is 5.42. The number of rotatable bonds is 5. The summed E-state index contributed by atoms with van der Waals surface area (Å²) in [7, 11) is 2.13. The monoisotopic (exact) mass is 281 g/mol. The molecule has 1 heteroatoms. The Balaban J connectivity index is 1.80. The molecule has 1 N–H and O–H groups in total. The molecule has 0 amide bonds. The minimum Gasteiger partial charge on any atom is -0.316 e. The van der Waals surface area contributed by atoms with Gasteiger partial charge in [-0.2, -0.15) is 0 Å². The van der Waals surface area contributed by atoms with Gasteiger partial charge in [-0.3, -0.25) is 0 Å². The number of benzene rings is 2. The standard InChI is InChI=1S/C20H27N/c1-3-15-11-12-18(13-15)20(21-2)14-17-9-6-8-16-7-4-5-10-19(16)17/h4-10,15,18,20-21H,3,11-14H2,1-2H3. The van der Waals surface area contributed by atoms with Gasteiger partial charge in [0.2, 0.25) is 0 Å². The van der Waals surface area contributed by atoms with Gasteiger partial charge in [-0.1, -0.05) is 62.2 Å². The van der Waals surface area contributed by atoms with Gasteiger partial charge in [0, 0.05) is 6.04 Å². The zero-order valence-corrected chi connectivity index (χ0v) is 13.3. The van der Waals surface area contributed by atoms with Crippen LogP contribution in [0.3, 0.4) is 0 Å². The van der Waals surface area contributed by atoms with E-state index in [2.05, 4.69) is 61.8 Å². The third-order valence-corrected chi connectivity index (χ3v) is 5.42. The molecule has 1 fully saturated rings. The molecule has 112 valence electrons. The van der Waals surface area contributed by atoms with E-state index in [1.54, 1.807) is 0 Å². The predicted octanol–water partition coefficient (Wildman–Crippen LogP) is 4.80. The maximum absolute atomic E-state index is 3.60. The molecule has 1 nitrogen and oxygen atoms in total. The molecule has 0 saturated heterocycles. The fraction of sp³-hybridized carbons (Fsp3) is 0.500. The average Bonchev–Trinajstić information content (AvgIpc) is 3.01. The van der Waals surface area contributed by atoms with Gasteiger partial charge < -0.3 is 5.32 Å². The Morgan fingerprint density at radius 2 is 1.90 bits per heavy atom. The molecule has 0 heterocycles. The van der Waals surface area contributed by atoms with Crippen LogP contribution in [0.25, 0.3) is 10.8 Å². The summed E-state index contributed by atoms with van der Waals surface area (Å²) in [5.41, 5.74) is 1.49. The Kier molecular flexibility index (Phi) is 4.60. The minimum atomic E-state index is 0.618. The normalized spacial score (nSPS) is 23.5. The van der Waals surface area contributed by atoms with Crippen molar-refractivity contribution >= 4 is 10.8 Å². The maximum Gasteiger partial charge on any atom is 0.0133 e. The summed E-state index contributed by atoms with van der Waals surface area (Å²) in [5, 5.41) is 6.39. The Labute approximate surface area is 128 Å². The van der Waals surface area contributed by atoms with Gasteiger partial charge in [0.25, 0.3) is 0 Å². The molecule has 1 aliphatic carbocycles. The highest BCUT2D eigenvalue weighted by molar-refractivity contribution is 5.85. The van der Waals surface area contributed by atoms with Crippen LogP contribution >= 0.6 is 0 Å². The fourth-order valence-corrected chi connectivity index (χ4v) is 4.06. The van der Waals surface area contributed by atoms with Crippen molar-refractivity contribution in [2.75, 3.05) is 7.05 Å². The summed E-state index contributed by atoms with van der Waals surface area (Å²) in [5.74, 6) is 1.80. The summed E-state index contributed by atoms with van der Waals surface area (Å²) in [6.45, 7) is 2.34. The average molecular weight is 281 g/mol. The number of likely N-dealkylation sites (N-methyl/N-ethyl adjacent to an activating group) is 1. The van der Waals surface area contributed by atoms with Crippen molar-refractivity contribution in [3.05, 3.63) is 48.0 Å². The topological polar surface area (TPSA) is 12.0 Å². The van der Waals surface area contributed by atoms with Crippen LogP contribution in [0.1, 0.15) is 38.2 Å². The summed E-state index contributed by atoms with van der Waals surface area (Å²) in [4.78, 5) is 0. The molecule has 1 saturated carbocycles. The summed E-state index contributed by atoms with van der Waals surface area (Å²) < 4.78 is 0. The summed E-state index contributed by atoms with van der Waals surface area (Å²) in [6.07, 6.45) is 6.73. The van der Waals surface area contributed by atoms with Crippen LogP contribution in [0.4, 0.5) is 0 Å². The van der Waals surface area contributed by atoms with Gasteiger partial charge in [0.1, 0.15) is 0 Å². The van der Waals surface area contributed by atoms with Gasteiger partial charge in [-0.25, -0.2) is 0 Å². The van der Waals surface area contributed by atoms with Crippen LogP contribution in [0, 0.1) is 11.8 Å². The van der Waals surface area contributed by atoms with Crippen LogP contribution in [0.15, 0.2) is 42.5 Å². The number of hydrogen-bond acceptors (Lipinski definition) is 1. The highest BCUT2D eigenvalue weighted by Gasteiger charge is 2.29. The first-order chi connectivity index (χ1) is 10.3. The SMILES string of the molecule is CCC1CCC(C(Cc2cccc3ccccc23)NC)C1. The van der Waals surface area contributed by atoms with E-state index in [1.807, 2.05) is 0 Å². The van der Waals surface area contributed by atoms with Crippen LogP contribution in [0.5, 0.6) is 0 Å². The first-order valence-electron chi connectivity index (χ1n) is 8.45. The molecule has 2 aromatic carbocycles. The largest absolute Gasteiger partial charge is 0.316 e. The van der Waals surface area contributed by atoms with Gasteiger partial charge >= 0.3 is 0 Å². The second kappa shape index (κ2) is 6.62. The van der Waals surface area contributed by atoms with Crippen molar-refractivity contribution in [1.82, 2.24) is 5.32 Å². The number of nitrogens with one attached hydrogen (secondary N) is 1. The van der Waals surface area contributed by atoms with Crippen LogP contribution < -0.4 is 5.32 Å². The Hall–Kier alpha value is -1.34. The van der Waals surface area contributed by atoms with E-state index >= 15 is 0 Å². The molecule has 3 rings (SSSR count). The van der Waals surface area contributed by atoms with Crippen molar-refractivity contribution in [1.29, 1.82) is 0 Å². The quantitative estimate of drug-likeness (QED) is 0.830. The molecule has 0 spiro atoms. The second-order valence-corrected chi connectivity index (χ2v) is 6.58. The van der Waals surface area contributed by atoms with Gasteiger partial charge in [-0.15, -0.1) is 0 Å². The van der Waals surface area contributed by atoms with E-state index < -0.39 is 0 Å². The van der Waals surface area contributed by atoms with Crippen molar-refractivity contribution < 1.29 is 0 Å². The first-order valence-corrected chi connectivity index (χ1v) is 8.45. The van der Waals surface area contributed by atoms with E-state index in [0.29, 0.717) is 6.04 Å². The van der Waals surface area contributed by atoms with E-state index in [-0.39, 0.29) is 0 Å². The molecule has 1 aliphatic rings. The van der Waals surface area contributed by atoms with E-state index in [1.165, 1.54) is 42.0 Å². The molecule has 0 bridgehead atoms. The zero-order valence-electron chi connectivity index (χ0n) is 13.3. The van der Waals surface area contributed by atoms with Crippen LogP contribution in [-0.2, 0) is 6.42 Å². The second-order valence-electron chi connectivity index (χ2n) is 6.58. The highest BCUT2D eigenvalue weighted by Crippen LogP contribution is 2.36. The highest BCUT2D eigenvalue weighted by atomic mass is 14.9. The zero-order chi connectivity index (χ0) is 14.7. The Morgan fingerprint density at radius 1 is 1.10 bits per heavy atom. The summed E-state index contributed by atoms with van der Waals surface area (Å²) >= 11 is 0. The van der Waals surface area contributed by atoms with Gasteiger partial charge in [0.15, 0.2) is 0 Å². The fourth-order valence-electron chi connectivity index (χ4n) is 4.06. The predicted molar refractivity (Wildman–Crippen MR) is 91.6 cm³/mol. The van der Waals surface area contributed by atoms with Crippen molar-refractivity contribution in [3.8, 4) is 0 Å². The molecule has 21 heavy (non-hydrogen) atoms. The molecule has 0 aliphatic heterocycles. The molecule has 2 aromatic rings. The van der Waals surface area contributed by atoms with Crippen molar-refractivity contribution in [2.45, 2.75) is 45.1 Å². The first kappa shape index (κ1) is 14.6. The summed E-state index contributed by atoms with van der Waals surface area (Å²) in [6, 6.07) is 16.1. The minimum absolute atomic E-state index is 0.618. The molecule has 3 atom stereocenters. The third kappa shape index (κ3) is 3.13. The lowest BCUT2D eigenvalue weighted by molar-refractivity contribution is 0.362. The molecule has 0 radical (unpaired) electrons. The lowest BCUT2D eigenvalue weighted by Gasteiger charge is -2.24. The van der Waals surface area contributed by atoms with Crippen LogP contribution in [-0.4, -0.2) is 13.1 Å². The lowest BCUT2D eigenvalue weighted by atomic mass is 9.89. The smallest absolute Gasteiger partial charge is 0.0133 e. The van der Waals surface area contributed by atoms with Gasteiger partial charge in [-0.05, 0) is 54.5 Å². The molecular formula is C20H27N. The van der Waals surface area contributed by atoms with Crippen molar-refractivity contribution in [2.24, 2.45) is 11.8 Å². The number of fused-ring (bicyclic) bond motifs is 1. The lowest BCUT2D eigenvalue weighted by Crippen LogP contribution is -2.34. The Bertz CT molecular complexity index is 584. The van der Waals surface area contributed by atoms with E-state index in [9.17, 15) is 0 Å². The van der Waals surface area contributed by atoms with Gasteiger partial charge in [0.05, 0.1) is 0 Å². The van der Waals surface area contributed by atoms with E-state index in [0.717, 1.165) is 18.3 Å². The van der Waals surface area contributed by atoms with Crippen LogP contribution in [0.2, 0.25) is 0 Å². The molecular weight excluding hydrogens is 254 g/mol.